The van der Waals surface area contributed by atoms with Crippen molar-refractivity contribution in [3.8, 4) is 0 Å². The largest absolute Gasteiger partial charge is 0.452 e. The summed E-state index contributed by atoms with van der Waals surface area (Å²) in [5, 5.41) is 2.85. The molecule has 0 bridgehead atoms. The Bertz CT molecular complexity index is 831. The van der Waals surface area contributed by atoms with E-state index in [1.54, 1.807) is 0 Å². The molecular weight excluding hydrogens is 359 g/mol. The van der Waals surface area contributed by atoms with E-state index in [1.807, 2.05) is 24.3 Å². The molecule has 1 amide bonds. The monoisotopic (exact) mass is 377 g/mol. The quantitative estimate of drug-likeness (QED) is 0.818. The minimum atomic E-state index is -4.47. The van der Waals surface area contributed by atoms with Crippen LogP contribution in [0.1, 0.15) is 45.9 Å². The first-order valence-corrected chi connectivity index (χ1v) is 8.56. The number of hydrogen-bond acceptors (Lipinski definition) is 3. The minimum Gasteiger partial charge on any atom is -0.452 e. The van der Waals surface area contributed by atoms with Crippen molar-refractivity contribution in [1.82, 2.24) is 5.32 Å². The highest BCUT2D eigenvalue weighted by Crippen LogP contribution is 2.30. The van der Waals surface area contributed by atoms with Crippen molar-refractivity contribution >= 4 is 11.9 Å². The van der Waals surface area contributed by atoms with E-state index in [1.165, 1.54) is 5.56 Å². The number of nitrogens with one attached hydrogen (secondary N) is 1. The summed E-state index contributed by atoms with van der Waals surface area (Å²) in [7, 11) is 0. The van der Waals surface area contributed by atoms with Crippen LogP contribution in [0.3, 0.4) is 0 Å². The maximum absolute atomic E-state index is 12.5. The molecule has 0 fully saturated rings. The molecule has 7 heteroatoms. The molecule has 0 heterocycles. The number of aryl methyl sites for hydroxylation is 1. The Morgan fingerprint density at radius 1 is 1.07 bits per heavy atom. The first-order valence-electron chi connectivity index (χ1n) is 8.56. The van der Waals surface area contributed by atoms with Gasteiger partial charge in [-0.3, -0.25) is 4.79 Å². The van der Waals surface area contributed by atoms with Gasteiger partial charge in [0.05, 0.1) is 17.2 Å². The Balaban J connectivity index is 1.54. The van der Waals surface area contributed by atoms with Gasteiger partial charge in [-0.15, -0.1) is 0 Å². The fraction of sp³-hybridized carbons (Fsp3) is 0.300. The second kappa shape index (κ2) is 7.82. The fourth-order valence-electron chi connectivity index (χ4n) is 3.15. The predicted molar refractivity (Wildman–Crippen MR) is 92.0 cm³/mol. The highest BCUT2D eigenvalue weighted by atomic mass is 19.4. The number of esters is 1. The fourth-order valence-corrected chi connectivity index (χ4v) is 3.15. The summed E-state index contributed by atoms with van der Waals surface area (Å²) in [6.07, 6.45) is -1.76. The smallest absolute Gasteiger partial charge is 0.416 e. The van der Waals surface area contributed by atoms with Crippen LogP contribution in [0.25, 0.3) is 0 Å². The van der Waals surface area contributed by atoms with Crippen molar-refractivity contribution in [2.75, 3.05) is 6.61 Å². The van der Waals surface area contributed by atoms with Gasteiger partial charge in [-0.2, -0.15) is 13.2 Å². The first kappa shape index (κ1) is 18.9. The normalized spacial score (nSPS) is 16.3. The van der Waals surface area contributed by atoms with Crippen molar-refractivity contribution < 1.29 is 27.5 Å². The zero-order valence-electron chi connectivity index (χ0n) is 14.4. The number of halogens is 3. The van der Waals surface area contributed by atoms with E-state index < -0.39 is 30.2 Å². The molecule has 2 aromatic carbocycles. The first-order chi connectivity index (χ1) is 12.8. The summed E-state index contributed by atoms with van der Waals surface area (Å²) in [5.74, 6) is -1.29. The summed E-state index contributed by atoms with van der Waals surface area (Å²) >= 11 is 0. The number of carbonyl (C=O) groups is 2. The maximum atomic E-state index is 12.5. The lowest BCUT2D eigenvalue weighted by molar-refractivity contribution is -0.137. The average Bonchev–Trinajstić information content (AvgIpc) is 2.66. The molecule has 3 rings (SSSR count). The van der Waals surface area contributed by atoms with Crippen molar-refractivity contribution in [3.63, 3.8) is 0 Å². The molecule has 1 atom stereocenters. The summed E-state index contributed by atoms with van der Waals surface area (Å²) in [6, 6.07) is 11.4. The third kappa shape index (κ3) is 4.67. The molecule has 27 heavy (non-hydrogen) atoms. The molecular formula is C20H18F3NO3. The SMILES string of the molecule is O=C(COC(=O)c1ccc(C(F)(F)F)cc1)NC1CCCc2ccccc21. The zero-order valence-corrected chi connectivity index (χ0v) is 14.4. The van der Waals surface area contributed by atoms with Crippen LogP contribution in [0.5, 0.6) is 0 Å². The van der Waals surface area contributed by atoms with E-state index in [4.69, 9.17) is 4.74 Å². The highest BCUT2D eigenvalue weighted by molar-refractivity contribution is 5.91. The molecule has 0 saturated carbocycles. The number of carbonyl (C=O) groups excluding carboxylic acids is 2. The van der Waals surface area contributed by atoms with Gasteiger partial charge in [0.1, 0.15) is 0 Å². The van der Waals surface area contributed by atoms with Crippen LogP contribution in [0, 0.1) is 0 Å². The third-order valence-electron chi connectivity index (χ3n) is 4.49. The number of amides is 1. The summed E-state index contributed by atoms with van der Waals surface area (Å²) in [6.45, 7) is -0.488. The van der Waals surface area contributed by atoms with E-state index in [0.717, 1.165) is 49.1 Å². The number of benzene rings is 2. The van der Waals surface area contributed by atoms with Gasteiger partial charge in [0, 0.05) is 0 Å². The zero-order chi connectivity index (χ0) is 19.4. The summed E-state index contributed by atoms with van der Waals surface area (Å²) in [5.41, 5.74) is 1.36. The molecule has 0 spiro atoms. The van der Waals surface area contributed by atoms with Crippen molar-refractivity contribution in [2.24, 2.45) is 0 Å². The highest BCUT2D eigenvalue weighted by Gasteiger charge is 2.30. The van der Waals surface area contributed by atoms with Gasteiger partial charge in [-0.25, -0.2) is 4.79 Å². The Kier molecular flexibility index (Phi) is 5.48. The molecule has 0 saturated heterocycles. The van der Waals surface area contributed by atoms with Gasteiger partial charge < -0.3 is 10.1 Å². The van der Waals surface area contributed by atoms with Gasteiger partial charge in [-0.1, -0.05) is 24.3 Å². The standard InChI is InChI=1S/C20H18F3NO3/c21-20(22,23)15-10-8-14(9-11-15)19(26)27-12-18(25)24-17-7-3-5-13-4-1-2-6-16(13)17/h1-2,4,6,8-11,17H,3,5,7,12H2,(H,24,25). The second-order valence-corrected chi connectivity index (χ2v) is 6.36. The van der Waals surface area contributed by atoms with Crippen LogP contribution in [-0.2, 0) is 22.1 Å². The Hall–Kier alpha value is -2.83. The van der Waals surface area contributed by atoms with Gasteiger partial charge in [-0.05, 0) is 54.7 Å². The Morgan fingerprint density at radius 3 is 2.48 bits per heavy atom. The topological polar surface area (TPSA) is 55.4 Å². The molecule has 0 aliphatic heterocycles. The maximum Gasteiger partial charge on any atom is 0.416 e. The van der Waals surface area contributed by atoms with Crippen LogP contribution in [0.2, 0.25) is 0 Å². The molecule has 1 unspecified atom stereocenters. The number of alkyl halides is 3. The van der Waals surface area contributed by atoms with Crippen molar-refractivity contribution in [1.29, 1.82) is 0 Å². The van der Waals surface area contributed by atoms with E-state index in [9.17, 15) is 22.8 Å². The van der Waals surface area contributed by atoms with Gasteiger partial charge in [0.25, 0.3) is 5.91 Å². The van der Waals surface area contributed by atoms with E-state index in [2.05, 4.69) is 5.32 Å². The molecule has 4 nitrogen and oxygen atoms in total. The average molecular weight is 377 g/mol. The molecule has 0 aromatic heterocycles. The minimum absolute atomic E-state index is 0.0428. The van der Waals surface area contributed by atoms with E-state index in [-0.39, 0.29) is 11.6 Å². The Morgan fingerprint density at radius 2 is 1.78 bits per heavy atom. The third-order valence-corrected chi connectivity index (χ3v) is 4.49. The molecule has 1 aliphatic rings. The van der Waals surface area contributed by atoms with Gasteiger partial charge >= 0.3 is 12.1 Å². The number of rotatable bonds is 4. The predicted octanol–water partition coefficient (Wildman–Crippen LogP) is 4.06. The van der Waals surface area contributed by atoms with Crippen molar-refractivity contribution in [2.45, 2.75) is 31.5 Å². The summed E-state index contributed by atoms with van der Waals surface area (Å²) in [4.78, 5) is 24.0. The summed E-state index contributed by atoms with van der Waals surface area (Å²) < 4.78 is 42.5. The lowest BCUT2D eigenvalue weighted by Crippen LogP contribution is -2.34. The number of ether oxygens (including phenoxy) is 1. The number of hydrogen-bond donors (Lipinski definition) is 1. The van der Waals surface area contributed by atoms with E-state index >= 15 is 0 Å². The molecule has 142 valence electrons. The lowest BCUT2D eigenvalue weighted by Gasteiger charge is -2.26. The molecule has 2 aromatic rings. The lowest BCUT2D eigenvalue weighted by atomic mass is 9.88. The van der Waals surface area contributed by atoms with Crippen molar-refractivity contribution in [3.05, 3.63) is 70.8 Å². The van der Waals surface area contributed by atoms with Crippen LogP contribution >= 0.6 is 0 Å². The Labute approximate surface area is 154 Å². The number of fused-ring (bicyclic) bond motifs is 1. The van der Waals surface area contributed by atoms with Gasteiger partial charge in [0.15, 0.2) is 6.61 Å². The van der Waals surface area contributed by atoms with E-state index in [0.29, 0.717) is 0 Å². The molecule has 1 aliphatic carbocycles. The van der Waals surface area contributed by atoms with Crippen LogP contribution in [0.4, 0.5) is 13.2 Å². The van der Waals surface area contributed by atoms with Crippen LogP contribution < -0.4 is 5.32 Å². The second-order valence-electron chi connectivity index (χ2n) is 6.36. The van der Waals surface area contributed by atoms with Gasteiger partial charge in [0.2, 0.25) is 0 Å². The molecule has 0 radical (unpaired) electrons. The van der Waals surface area contributed by atoms with Crippen LogP contribution in [0.15, 0.2) is 48.5 Å². The molecule has 1 N–H and O–H groups in total. The van der Waals surface area contributed by atoms with Crippen LogP contribution in [-0.4, -0.2) is 18.5 Å².